The van der Waals surface area contributed by atoms with Crippen LogP contribution >= 0.6 is 15.9 Å². The summed E-state index contributed by atoms with van der Waals surface area (Å²) < 4.78 is 19.3. The summed E-state index contributed by atoms with van der Waals surface area (Å²) in [5.41, 5.74) is 0.766. The average molecular weight is 283 g/mol. The lowest BCUT2D eigenvalue weighted by Gasteiger charge is -2.05. The molecule has 16 heavy (non-hydrogen) atoms. The second-order valence-electron chi connectivity index (χ2n) is 3.16. The van der Waals surface area contributed by atoms with Crippen molar-refractivity contribution in [3.05, 3.63) is 46.4 Å². The summed E-state index contributed by atoms with van der Waals surface area (Å²) >= 11 is 3.17. The second kappa shape index (κ2) is 4.57. The minimum Gasteiger partial charge on any atom is -0.421 e. The van der Waals surface area contributed by atoms with Gasteiger partial charge in [-0.2, -0.15) is 0 Å². The van der Waals surface area contributed by atoms with E-state index < -0.39 is 5.82 Å². The molecule has 0 saturated heterocycles. The molecule has 0 bridgehead atoms. The number of aryl methyl sites for hydroxylation is 1. The Bertz CT molecular complexity index is 519. The van der Waals surface area contributed by atoms with Gasteiger partial charge in [-0.15, -0.1) is 0 Å². The molecule has 1 aromatic heterocycles. The molecular formula is C11H8BrFN2O. The number of halogens is 2. The van der Waals surface area contributed by atoms with Crippen molar-refractivity contribution >= 4 is 15.9 Å². The molecule has 0 N–H and O–H groups in total. The first-order valence-electron chi connectivity index (χ1n) is 4.58. The third-order valence-corrected chi connectivity index (χ3v) is 2.36. The van der Waals surface area contributed by atoms with Crippen molar-refractivity contribution in [2.45, 2.75) is 6.92 Å². The number of hydrogen-bond donors (Lipinski definition) is 0. The molecule has 0 radical (unpaired) electrons. The monoisotopic (exact) mass is 282 g/mol. The minimum absolute atomic E-state index is 0.105. The molecular weight excluding hydrogens is 275 g/mol. The van der Waals surface area contributed by atoms with Crippen LogP contribution in [0.2, 0.25) is 0 Å². The Morgan fingerprint density at radius 2 is 2.12 bits per heavy atom. The fourth-order valence-electron chi connectivity index (χ4n) is 1.13. The quantitative estimate of drug-likeness (QED) is 0.846. The molecule has 0 aliphatic carbocycles. The number of ether oxygens (including phenoxy) is 1. The van der Waals surface area contributed by atoms with Gasteiger partial charge in [-0.05, 0) is 31.2 Å². The van der Waals surface area contributed by atoms with Gasteiger partial charge in [-0.1, -0.05) is 15.9 Å². The SMILES string of the molecule is Cc1ccnc(Oc2ccc(Br)cc2F)n1. The minimum atomic E-state index is -0.459. The molecule has 0 atom stereocenters. The topological polar surface area (TPSA) is 35.0 Å². The smallest absolute Gasteiger partial charge is 0.322 e. The van der Waals surface area contributed by atoms with Crippen molar-refractivity contribution in [3.63, 3.8) is 0 Å². The van der Waals surface area contributed by atoms with Crippen LogP contribution < -0.4 is 4.74 Å². The van der Waals surface area contributed by atoms with Crippen LogP contribution in [0.25, 0.3) is 0 Å². The summed E-state index contributed by atoms with van der Waals surface area (Å²) in [6.07, 6.45) is 1.56. The first-order chi connectivity index (χ1) is 7.65. The van der Waals surface area contributed by atoms with Crippen LogP contribution in [0.5, 0.6) is 11.8 Å². The van der Waals surface area contributed by atoms with Crippen LogP contribution in [0, 0.1) is 12.7 Å². The van der Waals surface area contributed by atoms with Crippen LogP contribution in [0.1, 0.15) is 5.69 Å². The third kappa shape index (κ3) is 2.55. The summed E-state index contributed by atoms with van der Waals surface area (Å²) in [5.74, 6) is -0.353. The Balaban J connectivity index is 2.27. The second-order valence-corrected chi connectivity index (χ2v) is 4.07. The van der Waals surface area contributed by atoms with Crippen LogP contribution in [-0.4, -0.2) is 9.97 Å². The number of rotatable bonds is 2. The van der Waals surface area contributed by atoms with Crippen molar-refractivity contribution in [1.82, 2.24) is 9.97 Å². The van der Waals surface area contributed by atoms with Gasteiger partial charge in [0.05, 0.1) is 0 Å². The van der Waals surface area contributed by atoms with Gasteiger partial charge in [0, 0.05) is 16.4 Å². The Hall–Kier alpha value is -1.49. The Morgan fingerprint density at radius 3 is 2.81 bits per heavy atom. The Morgan fingerprint density at radius 1 is 1.31 bits per heavy atom. The molecule has 1 heterocycles. The van der Waals surface area contributed by atoms with Gasteiger partial charge in [0.2, 0.25) is 0 Å². The molecule has 2 aromatic rings. The Labute approximate surface area is 100 Å². The maximum absolute atomic E-state index is 13.4. The number of aromatic nitrogens is 2. The molecule has 0 spiro atoms. The van der Waals surface area contributed by atoms with Crippen molar-refractivity contribution in [2.75, 3.05) is 0 Å². The van der Waals surface area contributed by atoms with Gasteiger partial charge in [-0.25, -0.2) is 14.4 Å². The van der Waals surface area contributed by atoms with E-state index in [0.29, 0.717) is 4.47 Å². The first-order valence-corrected chi connectivity index (χ1v) is 5.37. The average Bonchev–Trinajstić information content (AvgIpc) is 2.22. The van der Waals surface area contributed by atoms with Gasteiger partial charge in [0.1, 0.15) is 0 Å². The molecule has 0 unspecified atom stereocenters. The summed E-state index contributed by atoms with van der Waals surface area (Å²) in [7, 11) is 0. The van der Waals surface area contributed by atoms with E-state index in [2.05, 4.69) is 25.9 Å². The predicted octanol–water partition coefficient (Wildman–Crippen LogP) is 3.48. The molecule has 0 aliphatic rings. The van der Waals surface area contributed by atoms with E-state index in [-0.39, 0.29) is 11.8 Å². The van der Waals surface area contributed by atoms with Gasteiger partial charge < -0.3 is 4.74 Å². The highest BCUT2D eigenvalue weighted by Gasteiger charge is 2.06. The summed E-state index contributed by atoms with van der Waals surface area (Å²) in [5, 5.41) is 0. The molecule has 0 aliphatic heterocycles. The molecule has 0 saturated carbocycles. The highest BCUT2D eigenvalue weighted by Crippen LogP contribution is 2.24. The zero-order valence-electron chi connectivity index (χ0n) is 8.45. The predicted molar refractivity (Wildman–Crippen MR) is 60.9 cm³/mol. The summed E-state index contributed by atoms with van der Waals surface area (Å²) in [4.78, 5) is 7.91. The van der Waals surface area contributed by atoms with Gasteiger partial charge in [-0.3, -0.25) is 0 Å². The lowest BCUT2D eigenvalue weighted by atomic mass is 10.3. The summed E-state index contributed by atoms with van der Waals surface area (Å²) in [6.45, 7) is 1.81. The molecule has 0 amide bonds. The standard InChI is InChI=1S/C11H8BrFN2O/c1-7-4-5-14-11(15-7)16-10-3-2-8(12)6-9(10)13/h2-6H,1H3. The fraction of sp³-hybridized carbons (Fsp3) is 0.0909. The van der Waals surface area contributed by atoms with Crippen LogP contribution in [0.15, 0.2) is 34.9 Å². The zero-order valence-corrected chi connectivity index (χ0v) is 10.0. The highest BCUT2D eigenvalue weighted by molar-refractivity contribution is 9.10. The van der Waals surface area contributed by atoms with Crippen LogP contribution in [0.4, 0.5) is 4.39 Å². The highest BCUT2D eigenvalue weighted by atomic mass is 79.9. The Kier molecular flexibility index (Phi) is 3.14. The van der Waals surface area contributed by atoms with E-state index in [0.717, 1.165) is 5.69 Å². The van der Waals surface area contributed by atoms with E-state index in [1.54, 1.807) is 18.3 Å². The maximum Gasteiger partial charge on any atom is 0.322 e. The lowest BCUT2D eigenvalue weighted by molar-refractivity contribution is 0.409. The molecule has 5 heteroatoms. The van der Waals surface area contributed by atoms with E-state index in [4.69, 9.17) is 4.74 Å². The number of nitrogens with zero attached hydrogens (tertiary/aromatic N) is 2. The normalized spacial score (nSPS) is 10.2. The van der Waals surface area contributed by atoms with Crippen molar-refractivity contribution in [1.29, 1.82) is 0 Å². The first kappa shape index (κ1) is 11.0. The maximum atomic E-state index is 13.4. The molecule has 0 fully saturated rings. The van der Waals surface area contributed by atoms with Crippen molar-refractivity contribution in [2.24, 2.45) is 0 Å². The van der Waals surface area contributed by atoms with E-state index in [1.165, 1.54) is 12.1 Å². The van der Waals surface area contributed by atoms with E-state index in [9.17, 15) is 4.39 Å². The van der Waals surface area contributed by atoms with Gasteiger partial charge in [0.15, 0.2) is 11.6 Å². The largest absolute Gasteiger partial charge is 0.421 e. The molecule has 2 rings (SSSR count). The molecule has 82 valence electrons. The third-order valence-electron chi connectivity index (χ3n) is 1.87. The summed E-state index contributed by atoms with van der Waals surface area (Å²) in [6, 6.07) is 6.41. The van der Waals surface area contributed by atoms with Gasteiger partial charge >= 0.3 is 6.01 Å². The van der Waals surface area contributed by atoms with Crippen molar-refractivity contribution in [3.8, 4) is 11.8 Å². The van der Waals surface area contributed by atoms with E-state index >= 15 is 0 Å². The number of benzene rings is 1. The zero-order chi connectivity index (χ0) is 11.5. The van der Waals surface area contributed by atoms with Crippen molar-refractivity contribution < 1.29 is 9.13 Å². The van der Waals surface area contributed by atoms with Gasteiger partial charge in [0.25, 0.3) is 0 Å². The number of hydrogen-bond acceptors (Lipinski definition) is 3. The molecule has 1 aromatic carbocycles. The molecule has 3 nitrogen and oxygen atoms in total. The van der Waals surface area contributed by atoms with Crippen LogP contribution in [0.3, 0.4) is 0 Å². The fourth-order valence-corrected chi connectivity index (χ4v) is 1.46. The van der Waals surface area contributed by atoms with Crippen LogP contribution in [-0.2, 0) is 0 Å². The lowest BCUT2D eigenvalue weighted by Crippen LogP contribution is -1.94. The van der Waals surface area contributed by atoms with E-state index in [1.807, 2.05) is 6.92 Å².